The van der Waals surface area contributed by atoms with Gasteiger partial charge in [-0.2, -0.15) is 0 Å². The minimum atomic E-state index is -0.462. The average Bonchev–Trinajstić information content (AvgIpc) is 3.08. The van der Waals surface area contributed by atoms with Crippen LogP contribution in [0.2, 0.25) is 10.0 Å². The number of hydrogen-bond donors (Lipinski definition) is 2. The molecular formula is C20H13Cl2FN2O2S. The van der Waals surface area contributed by atoms with Gasteiger partial charge in [-0.1, -0.05) is 29.3 Å². The number of hydrogen-bond acceptors (Lipinski definition) is 3. The largest absolute Gasteiger partial charge is 0.457 e. The fourth-order valence-electron chi connectivity index (χ4n) is 2.32. The molecule has 0 saturated heterocycles. The van der Waals surface area contributed by atoms with Crippen molar-refractivity contribution in [2.24, 2.45) is 0 Å². The molecule has 0 fully saturated rings. The van der Waals surface area contributed by atoms with Gasteiger partial charge in [0.2, 0.25) is 5.91 Å². The van der Waals surface area contributed by atoms with Crippen molar-refractivity contribution in [3.63, 3.8) is 0 Å². The van der Waals surface area contributed by atoms with Gasteiger partial charge in [-0.15, -0.1) is 0 Å². The molecule has 0 saturated carbocycles. The van der Waals surface area contributed by atoms with Crippen molar-refractivity contribution < 1.29 is 13.6 Å². The van der Waals surface area contributed by atoms with Crippen LogP contribution in [0.3, 0.4) is 0 Å². The maximum Gasteiger partial charge on any atom is 0.250 e. The first-order chi connectivity index (χ1) is 13.4. The number of carbonyl (C=O) groups excluding carboxylic acids is 1. The van der Waals surface area contributed by atoms with E-state index in [2.05, 4.69) is 10.6 Å². The summed E-state index contributed by atoms with van der Waals surface area (Å²) in [7, 11) is 0. The molecule has 0 unspecified atom stereocenters. The van der Waals surface area contributed by atoms with E-state index in [-0.39, 0.29) is 5.11 Å². The lowest BCUT2D eigenvalue weighted by Gasteiger charge is -2.07. The lowest BCUT2D eigenvalue weighted by molar-refractivity contribution is -0.115. The Balaban J connectivity index is 1.60. The topological polar surface area (TPSA) is 54.3 Å². The molecule has 2 aromatic carbocycles. The van der Waals surface area contributed by atoms with Gasteiger partial charge in [-0.3, -0.25) is 10.1 Å². The first kappa shape index (κ1) is 20.1. The Morgan fingerprint density at radius 1 is 1.11 bits per heavy atom. The SMILES string of the molecule is O=C(/C=C/c1ccc(-c2ccc(Cl)cc2Cl)o1)NC(=S)Nc1cccc(F)c1. The molecule has 0 radical (unpaired) electrons. The summed E-state index contributed by atoms with van der Waals surface area (Å²) in [6.07, 6.45) is 2.76. The van der Waals surface area contributed by atoms with Crippen molar-refractivity contribution in [3.8, 4) is 11.3 Å². The molecule has 0 aliphatic carbocycles. The molecule has 0 atom stereocenters. The number of halogens is 3. The lowest BCUT2D eigenvalue weighted by atomic mass is 10.2. The van der Waals surface area contributed by atoms with E-state index in [0.29, 0.717) is 32.8 Å². The zero-order valence-electron chi connectivity index (χ0n) is 14.2. The van der Waals surface area contributed by atoms with Crippen LogP contribution in [0.15, 0.2) is 65.1 Å². The number of thiocarbonyl (C=S) groups is 1. The third kappa shape index (κ3) is 5.42. The molecule has 3 rings (SSSR count). The molecule has 1 aromatic heterocycles. The number of benzene rings is 2. The van der Waals surface area contributed by atoms with Crippen LogP contribution in [0.1, 0.15) is 5.76 Å². The molecule has 4 nitrogen and oxygen atoms in total. The fraction of sp³-hybridized carbons (Fsp3) is 0. The van der Waals surface area contributed by atoms with Crippen molar-refractivity contribution in [1.29, 1.82) is 0 Å². The van der Waals surface area contributed by atoms with Gasteiger partial charge in [0, 0.05) is 22.3 Å². The lowest BCUT2D eigenvalue weighted by Crippen LogP contribution is -2.32. The summed E-state index contributed by atoms with van der Waals surface area (Å²) in [6, 6.07) is 14.3. The van der Waals surface area contributed by atoms with Crippen LogP contribution in [-0.2, 0) is 4.79 Å². The number of rotatable bonds is 4. The maximum absolute atomic E-state index is 13.2. The Labute approximate surface area is 176 Å². The molecule has 2 N–H and O–H groups in total. The highest BCUT2D eigenvalue weighted by Gasteiger charge is 2.09. The molecule has 1 heterocycles. The van der Waals surface area contributed by atoms with E-state index >= 15 is 0 Å². The van der Waals surface area contributed by atoms with E-state index in [1.54, 1.807) is 36.4 Å². The Bertz CT molecular complexity index is 1070. The second-order valence-electron chi connectivity index (χ2n) is 5.61. The van der Waals surface area contributed by atoms with E-state index in [1.165, 1.54) is 30.4 Å². The van der Waals surface area contributed by atoms with Gasteiger partial charge >= 0.3 is 0 Å². The van der Waals surface area contributed by atoms with Crippen molar-refractivity contribution in [2.45, 2.75) is 0 Å². The minimum absolute atomic E-state index is 0.0494. The standard InChI is InChI=1S/C20H13Cl2FN2O2S/c21-12-4-7-16(17(22)10-12)18-8-5-15(27-18)6-9-19(26)25-20(28)24-14-3-1-2-13(23)11-14/h1-11H,(H2,24,25,26,28)/b9-6+. The maximum atomic E-state index is 13.2. The van der Waals surface area contributed by atoms with Crippen LogP contribution >= 0.6 is 35.4 Å². The molecule has 0 aliphatic rings. The second kappa shape index (κ2) is 9.01. The Hall–Kier alpha value is -2.67. The van der Waals surface area contributed by atoms with E-state index in [1.807, 2.05) is 0 Å². The van der Waals surface area contributed by atoms with Crippen LogP contribution in [-0.4, -0.2) is 11.0 Å². The summed E-state index contributed by atoms with van der Waals surface area (Å²) >= 11 is 17.1. The summed E-state index contributed by atoms with van der Waals surface area (Å²) in [5, 5.41) is 6.23. The van der Waals surface area contributed by atoms with Gasteiger partial charge in [0.05, 0.1) is 5.02 Å². The number of nitrogens with one attached hydrogen (secondary N) is 2. The predicted octanol–water partition coefficient (Wildman–Crippen LogP) is 5.92. The highest BCUT2D eigenvalue weighted by Crippen LogP contribution is 2.31. The highest BCUT2D eigenvalue weighted by molar-refractivity contribution is 7.80. The van der Waals surface area contributed by atoms with Crippen molar-refractivity contribution >= 4 is 58.2 Å². The van der Waals surface area contributed by atoms with Gasteiger partial charge in [0.15, 0.2) is 5.11 Å². The Morgan fingerprint density at radius 3 is 2.68 bits per heavy atom. The molecule has 28 heavy (non-hydrogen) atoms. The Morgan fingerprint density at radius 2 is 1.93 bits per heavy atom. The summed E-state index contributed by atoms with van der Waals surface area (Å²) in [6.45, 7) is 0. The molecule has 0 bridgehead atoms. The summed E-state index contributed by atoms with van der Waals surface area (Å²) in [5.41, 5.74) is 1.13. The van der Waals surface area contributed by atoms with E-state index in [0.717, 1.165) is 0 Å². The van der Waals surface area contributed by atoms with Gasteiger partial charge in [-0.25, -0.2) is 4.39 Å². The molecule has 0 spiro atoms. The van der Waals surface area contributed by atoms with Crippen molar-refractivity contribution in [1.82, 2.24) is 5.32 Å². The summed E-state index contributed by atoms with van der Waals surface area (Å²) in [4.78, 5) is 12.0. The van der Waals surface area contributed by atoms with E-state index in [4.69, 9.17) is 39.8 Å². The number of anilines is 1. The monoisotopic (exact) mass is 434 g/mol. The van der Waals surface area contributed by atoms with Crippen LogP contribution in [0, 0.1) is 5.82 Å². The molecular weight excluding hydrogens is 422 g/mol. The number of carbonyl (C=O) groups is 1. The summed E-state index contributed by atoms with van der Waals surface area (Å²) < 4.78 is 18.8. The first-order valence-electron chi connectivity index (χ1n) is 8.01. The predicted molar refractivity (Wildman–Crippen MR) is 114 cm³/mol. The fourth-order valence-corrected chi connectivity index (χ4v) is 3.04. The van der Waals surface area contributed by atoms with Crippen LogP contribution < -0.4 is 10.6 Å². The molecule has 3 aromatic rings. The van der Waals surface area contributed by atoms with Crippen molar-refractivity contribution in [2.75, 3.05) is 5.32 Å². The zero-order chi connectivity index (χ0) is 20.1. The van der Waals surface area contributed by atoms with Gasteiger partial charge < -0.3 is 9.73 Å². The average molecular weight is 435 g/mol. The molecule has 142 valence electrons. The highest BCUT2D eigenvalue weighted by atomic mass is 35.5. The normalized spacial score (nSPS) is 10.8. The smallest absolute Gasteiger partial charge is 0.250 e. The van der Waals surface area contributed by atoms with Crippen LogP contribution in [0.25, 0.3) is 17.4 Å². The summed E-state index contributed by atoms with van der Waals surface area (Å²) in [5.74, 6) is 0.134. The molecule has 0 aliphatic heterocycles. The Kier molecular flexibility index (Phi) is 6.46. The van der Waals surface area contributed by atoms with E-state index < -0.39 is 11.7 Å². The zero-order valence-corrected chi connectivity index (χ0v) is 16.5. The quantitative estimate of drug-likeness (QED) is 0.395. The van der Waals surface area contributed by atoms with E-state index in [9.17, 15) is 9.18 Å². The molecule has 8 heteroatoms. The van der Waals surface area contributed by atoms with Crippen LogP contribution in [0.4, 0.5) is 10.1 Å². The van der Waals surface area contributed by atoms with Gasteiger partial charge in [-0.05, 0) is 66.8 Å². The first-order valence-corrected chi connectivity index (χ1v) is 9.18. The van der Waals surface area contributed by atoms with Gasteiger partial charge in [0.1, 0.15) is 17.3 Å². The van der Waals surface area contributed by atoms with Gasteiger partial charge in [0.25, 0.3) is 0 Å². The number of furan rings is 1. The number of amides is 1. The minimum Gasteiger partial charge on any atom is -0.457 e. The van der Waals surface area contributed by atoms with Crippen LogP contribution in [0.5, 0.6) is 0 Å². The molecule has 1 amide bonds. The second-order valence-corrected chi connectivity index (χ2v) is 6.87. The third-order valence-corrected chi connectivity index (χ3v) is 4.29. The third-order valence-electron chi connectivity index (χ3n) is 3.54. The van der Waals surface area contributed by atoms with Crippen molar-refractivity contribution in [3.05, 3.63) is 82.3 Å².